The third-order valence-electron chi connectivity index (χ3n) is 4.08. The van der Waals surface area contributed by atoms with Gasteiger partial charge in [0.25, 0.3) is 0 Å². The molecule has 2 aromatic carbocycles. The molecule has 0 spiro atoms. The lowest BCUT2D eigenvalue weighted by Gasteiger charge is -2.11. The second kappa shape index (κ2) is 12.0. The minimum Gasteiger partial charge on any atom is -0.326 e. The second-order valence-corrected chi connectivity index (χ2v) is 7.38. The van der Waals surface area contributed by atoms with Crippen molar-refractivity contribution in [1.82, 2.24) is 0 Å². The van der Waals surface area contributed by atoms with Crippen LogP contribution in [-0.4, -0.2) is 24.3 Å². The van der Waals surface area contributed by atoms with Gasteiger partial charge in [-0.05, 0) is 43.2 Å². The van der Waals surface area contributed by atoms with E-state index in [1.807, 2.05) is 24.3 Å². The number of nitrogens with two attached hydrogens (primary N) is 1. The third kappa shape index (κ3) is 8.45. The monoisotopic (exact) mass is 460 g/mol. The van der Waals surface area contributed by atoms with Crippen molar-refractivity contribution in [2.75, 3.05) is 22.5 Å². The number of unbranched alkanes of at least 4 members (excludes halogenated alkanes) is 2. The normalized spacial score (nSPS) is 10.3. The van der Waals surface area contributed by atoms with E-state index in [2.05, 4.69) is 31.9 Å². The van der Waals surface area contributed by atoms with Crippen molar-refractivity contribution in [3.63, 3.8) is 0 Å². The van der Waals surface area contributed by atoms with Gasteiger partial charge in [-0.15, -0.1) is 0 Å². The lowest BCUT2D eigenvalue weighted by atomic mass is 10.1. The van der Waals surface area contributed by atoms with Crippen LogP contribution in [0.1, 0.15) is 32.1 Å². The Balaban J connectivity index is 1.67. The summed E-state index contributed by atoms with van der Waals surface area (Å²) in [5, 5.41) is 8.30. The molecule has 0 saturated heterocycles. The van der Waals surface area contributed by atoms with E-state index in [0.29, 0.717) is 37.1 Å². The number of nitrogens with one attached hydrogen (secondary N) is 3. The predicted molar refractivity (Wildman–Crippen MR) is 119 cm³/mol. The van der Waals surface area contributed by atoms with Crippen LogP contribution >= 0.6 is 15.9 Å². The fourth-order valence-electron chi connectivity index (χ4n) is 2.65. The van der Waals surface area contributed by atoms with Gasteiger partial charge in [0.1, 0.15) is 0 Å². The molecule has 29 heavy (non-hydrogen) atoms. The number of hydrogen-bond donors (Lipinski definition) is 4. The van der Waals surface area contributed by atoms with E-state index in [1.165, 1.54) is 0 Å². The van der Waals surface area contributed by atoms with E-state index in [1.54, 1.807) is 24.3 Å². The van der Waals surface area contributed by atoms with Gasteiger partial charge >= 0.3 is 0 Å². The molecule has 0 aliphatic rings. The number of anilines is 3. The van der Waals surface area contributed by atoms with Gasteiger partial charge < -0.3 is 21.7 Å². The molecule has 2 aromatic rings. The van der Waals surface area contributed by atoms with Crippen LogP contribution in [0, 0.1) is 0 Å². The van der Waals surface area contributed by atoms with Gasteiger partial charge in [0.2, 0.25) is 17.7 Å². The molecule has 0 unspecified atom stereocenters. The molecule has 0 heterocycles. The summed E-state index contributed by atoms with van der Waals surface area (Å²) in [6, 6.07) is 14.4. The van der Waals surface area contributed by atoms with E-state index in [9.17, 15) is 14.4 Å². The van der Waals surface area contributed by atoms with Crippen molar-refractivity contribution in [2.24, 2.45) is 5.73 Å². The van der Waals surface area contributed by atoms with Crippen molar-refractivity contribution < 1.29 is 14.4 Å². The summed E-state index contributed by atoms with van der Waals surface area (Å²) in [5.74, 6) is -0.511. The Morgan fingerprint density at radius 3 is 1.93 bits per heavy atom. The second-order valence-electron chi connectivity index (χ2n) is 6.47. The van der Waals surface area contributed by atoms with Crippen molar-refractivity contribution in [3.05, 3.63) is 53.0 Å². The fraction of sp³-hybridized carbons (Fsp3) is 0.286. The zero-order valence-corrected chi connectivity index (χ0v) is 17.6. The van der Waals surface area contributed by atoms with Gasteiger partial charge in [-0.1, -0.05) is 40.5 Å². The van der Waals surface area contributed by atoms with E-state index in [4.69, 9.17) is 5.73 Å². The highest BCUT2D eigenvalue weighted by Crippen LogP contribution is 2.21. The van der Waals surface area contributed by atoms with Crippen molar-refractivity contribution in [2.45, 2.75) is 32.1 Å². The molecule has 0 bridgehead atoms. The Morgan fingerprint density at radius 1 is 0.759 bits per heavy atom. The third-order valence-corrected chi connectivity index (χ3v) is 4.57. The number of halogens is 1. The van der Waals surface area contributed by atoms with Crippen LogP contribution in [0.3, 0.4) is 0 Å². The maximum atomic E-state index is 12.2. The Kier molecular flexibility index (Phi) is 9.33. The van der Waals surface area contributed by atoms with Crippen LogP contribution in [0.2, 0.25) is 0 Å². The molecule has 7 nitrogen and oxygen atoms in total. The number of benzene rings is 2. The van der Waals surface area contributed by atoms with Crippen LogP contribution in [0.5, 0.6) is 0 Å². The zero-order valence-electron chi connectivity index (χ0n) is 16.0. The highest BCUT2D eigenvalue weighted by atomic mass is 79.9. The first-order valence-electron chi connectivity index (χ1n) is 9.42. The summed E-state index contributed by atoms with van der Waals surface area (Å²) < 4.78 is 0.908. The molecule has 154 valence electrons. The van der Waals surface area contributed by atoms with Crippen LogP contribution < -0.4 is 21.7 Å². The van der Waals surface area contributed by atoms with Crippen LogP contribution in [-0.2, 0) is 14.4 Å². The van der Waals surface area contributed by atoms with E-state index < -0.39 is 0 Å². The number of carbonyl (C=O) groups excluding carboxylic acids is 3. The molecule has 0 atom stereocenters. The predicted octanol–water partition coefficient (Wildman–Crippen LogP) is 3.87. The fourth-order valence-corrected chi connectivity index (χ4v) is 3.05. The molecule has 0 aliphatic heterocycles. The number of hydrogen-bond acceptors (Lipinski definition) is 4. The van der Waals surface area contributed by atoms with Gasteiger partial charge in [-0.25, -0.2) is 0 Å². The minimum absolute atomic E-state index is 0.0443. The summed E-state index contributed by atoms with van der Waals surface area (Å²) >= 11 is 3.37. The van der Waals surface area contributed by atoms with Gasteiger partial charge in [0.05, 0.1) is 17.9 Å². The molecule has 0 saturated carbocycles. The van der Waals surface area contributed by atoms with Gasteiger partial charge in [0, 0.05) is 23.0 Å². The highest BCUT2D eigenvalue weighted by Gasteiger charge is 2.09. The summed E-state index contributed by atoms with van der Waals surface area (Å²) in [6.07, 6.45) is 2.89. The SMILES string of the molecule is NCC(=O)Nc1ccccc1NC(=O)CCCCCC(=O)Nc1cccc(Br)c1. The number of rotatable bonds is 10. The van der Waals surface area contributed by atoms with E-state index >= 15 is 0 Å². The largest absolute Gasteiger partial charge is 0.326 e. The average Bonchev–Trinajstić information content (AvgIpc) is 2.69. The Morgan fingerprint density at radius 2 is 1.34 bits per heavy atom. The first kappa shape index (κ1) is 22.6. The molecular weight excluding hydrogens is 436 g/mol. The van der Waals surface area contributed by atoms with Crippen LogP contribution in [0.25, 0.3) is 0 Å². The average molecular weight is 461 g/mol. The molecule has 3 amide bonds. The van der Waals surface area contributed by atoms with E-state index in [-0.39, 0.29) is 24.3 Å². The summed E-state index contributed by atoms with van der Waals surface area (Å²) in [5.41, 5.74) is 7.11. The van der Waals surface area contributed by atoms with Gasteiger partial charge in [0.15, 0.2) is 0 Å². The van der Waals surface area contributed by atoms with Gasteiger partial charge in [-0.2, -0.15) is 0 Å². The van der Waals surface area contributed by atoms with Crippen LogP contribution in [0.15, 0.2) is 53.0 Å². The topological polar surface area (TPSA) is 113 Å². The zero-order chi connectivity index (χ0) is 21.1. The number of carbonyl (C=O) groups is 3. The first-order chi connectivity index (χ1) is 14.0. The first-order valence-corrected chi connectivity index (χ1v) is 10.2. The molecule has 5 N–H and O–H groups in total. The summed E-state index contributed by atoms with van der Waals surface area (Å²) in [6.45, 7) is -0.128. The molecule has 0 fully saturated rings. The molecule has 8 heteroatoms. The molecule has 0 radical (unpaired) electrons. The van der Waals surface area contributed by atoms with Gasteiger partial charge in [-0.3, -0.25) is 14.4 Å². The number of amides is 3. The summed E-state index contributed by atoms with van der Waals surface area (Å²) in [7, 11) is 0. The Bertz CT molecular complexity index is 857. The lowest BCUT2D eigenvalue weighted by molar-refractivity contribution is -0.116. The standard InChI is InChI=1S/C21H25BrN4O3/c22-15-7-6-8-16(13-15)24-19(27)11-2-1-3-12-20(28)25-17-9-4-5-10-18(17)26-21(29)14-23/h4-10,13H,1-3,11-12,14,23H2,(H,24,27)(H,25,28)(H,26,29). The van der Waals surface area contributed by atoms with E-state index in [0.717, 1.165) is 16.6 Å². The molecule has 0 aliphatic carbocycles. The Hall–Kier alpha value is -2.71. The maximum absolute atomic E-state index is 12.2. The minimum atomic E-state index is -0.326. The van der Waals surface area contributed by atoms with Crippen LogP contribution in [0.4, 0.5) is 17.1 Å². The smallest absolute Gasteiger partial charge is 0.238 e. The van der Waals surface area contributed by atoms with Crippen molar-refractivity contribution in [1.29, 1.82) is 0 Å². The van der Waals surface area contributed by atoms with Crippen molar-refractivity contribution in [3.8, 4) is 0 Å². The summed E-state index contributed by atoms with van der Waals surface area (Å²) in [4.78, 5) is 35.6. The quantitative estimate of drug-likeness (QED) is 0.402. The molecular formula is C21H25BrN4O3. The number of para-hydroxylation sites is 2. The maximum Gasteiger partial charge on any atom is 0.238 e. The Labute approximate surface area is 178 Å². The molecule has 2 rings (SSSR count). The lowest BCUT2D eigenvalue weighted by Crippen LogP contribution is -2.23. The van der Waals surface area contributed by atoms with Crippen molar-refractivity contribution >= 4 is 50.7 Å². The highest BCUT2D eigenvalue weighted by molar-refractivity contribution is 9.10. The molecule has 0 aromatic heterocycles.